The summed E-state index contributed by atoms with van der Waals surface area (Å²) >= 11 is 11.3. The number of hydrogen-bond donors (Lipinski definition) is 1. The lowest BCUT2D eigenvalue weighted by atomic mass is 10.2. The number of fused-ring (bicyclic) bond motifs is 1. The Kier molecular flexibility index (Phi) is 3.17. The van der Waals surface area contributed by atoms with Crippen LogP contribution in [0.25, 0.3) is 11.0 Å². The van der Waals surface area contributed by atoms with Crippen molar-refractivity contribution in [1.82, 2.24) is 9.55 Å². The highest BCUT2D eigenvalue weighted by Crippen LogP contribution is 2.23. The van der Waals surface area contributed by atoms with Crippen LogP contribution in [0.15, 0.2) is 30.9 Å². The molecule has 16 heavy (non-hydrogen) atoms. The van der Waals surface area contributed by atoms with Crippen LogP contribution in [-0.4, -0.2) is 9.55 Å². The first-order chi connectivity index (χ1) is 7.63. The standard InChI is InChI=1S/C12H13ClN2S/c1-3-4-8(2)15-11-6-5-9(13)7-10(11)14-12(15)16/h3,5-8H,1,4H2,2H3,(H,14,16). The number of aromatic nitrogens is 2. The summed E-state index contributed by atoms with van der Waals surface area (Å²) in [6.45, 7) is 5.88. The lowest BCUT2D eigenvalue weighted by molar-refractivity contribution is 0.564. The van der Waals surface area contributed by atoms with E-state index in [0.717, 1.165) is 22.2 Å². The first-order valence-corrected chi connectivity index (χ1v) is 5.92. The molecule has 0 saturated heterocycles. The smallest absolute Gasteiger partial charge is 0.178 e. The highest BCUT2D eigenvalue weighted by Gasteiger charge is 2.09. The van der Waals surface area contributed by atoms with Gasteiger partial charge in [-0.25, -0.2) is 0 Å². The third-order valence-corrected chi connectivity index (χ3v) is 3.16. The van der Waals surface area contributed by atoms with Crippen molar-refractivity contribution >= 4 is 34.9 Å². The van der Waals surface area contributed by atoms with Crippen molar-refractivity contribution < 1.29 is 0 Å². The maximum Gasteiger partial charge on any atom is 0.178 e. The largest absolute Gasteiger partial charge is 0.331 e. The van der Waals surface area contributed by atoms with Gasteiger partial charge in [0.15, 0.2) is 4.77 Å². The zero-order chi connectivity index (χ0) is 11.7. The minimum Gasteiger partial charge on any atom is -0.331 e. The summed E-state index contributed by atoms with van der Waals surface area (Å²) in [5.41, 5.74) is 2.07. The lowest BCUT2D eigenvalue weighted by Crippen LogP contribution is -2.03. The highest BCUT2D eigenvalue weighted by molar-refractivity contribution is 7.71. The second-order valence-corrected chi connectivity index (χ2v) is 4.66. The monoisotopic (exact) mass is 252 g/mol. The molecule has 0 fully saturated rings. The number of imidazole rings is 1. The van der Waals surface area contributed by atoms with Crippen LogP contribution in [0.1, 0.15) is 19.4 Å². The predicted octanol–water partition coefficient (Wildman–Crippen LogP) is 4.49. The average molecular weight is 253 g/mol. The van der Waals surface area contributed by atoms with Gasteiger partial charge in [-0.3, -0.25) is 0 Å². The minimum absolute atomic E-state index is 0.305. The second-order valence-electron chi connectivity index (χ2n) is 3.84. The van der Waals surface area contributed by atoms with Gasteiger partial charge in [0, 0.05) is 11.1 Å². The zero-order valence-electron chi connectivity index (χ0n) is 9.03. The molecule has 1 N–H and O–H groups in total. The van der Waals surface area contributed by atoms with Crippen LogP contribution < -0.4 is 0 Å². The van der Waals surface area contributed by atoms with Crippen LogP contribution in [0.3, 0.4) is 0 Å². The topological polar surface area (TPSA) is 20.7 Å². The molecule has 0 aliphatic carbocycles. The summed E-state index contributed by atoms with van der Waals surface area (Å²) in [4.78, 5) is 3.17. The molecule has 2 aromatic rings. The lowest BCUT2D eigenvalue weighted by Gasteiger charge is -2.12. The number of nitrogens with one attached hydrogen (secondary N) is 1. The zero-order valence-corrected chi connectivity index (χ0v) is 10.6. The molecule has 1 heterocycles. The SMILES string of the molecule is C=CCC(C)n1c(=S)[nH]c2cc(Cl)ccc21. The van der Waals surface area contributed by atoms with E-state index in [4.69, 9.17) is 23.8 Å². The summed E-state index contributed by atoms with van der Waals surface area (Å²) in [6.07, 6.45) is 2.80. The predicted molar refractivity (Wildman–Crippen MR) is 71.7 cm³/mol. The van der Waals surface area contributed by atoms with E-state index >= 15 is 0 Å². The molecule has 84 valence electrons. The number of benzene rings is 1. The van der Waals surface area contributed by atoms with Gasteiger partial charge < -0.3 is 9.55 Å². The molecule has 0 aliphatic rings. The van der Waals surface area contributed by atoms with Crippen molar-refractivity contribution in [2.75, 3.05) is 0 Å². The van der Waals surface area contributed by atoms with E-state index in [-0.39, 0.29) is 0 Å². The van der Waals surface area contributed by atoms with Crippen molar-refractivity contribution in [3.8, 4) is 0 Å². The van der Waals surface area contributed by atoms with Crippen molar-refractivity contribution in [3.05, 3.63) is 40.6 Å². The van der Waals surface area contributed by atoms with Crippen LogP contribution in [0.5, 0.6) is 0 Å². The molecule has 1 aromatic carbocycles. The van der Waals surface area contributed by atoms with Gasteiger partial charge in [-0.15, -0.1) is 6.58 Å². The van der Waals surface area contributed by atoms with E-state index < -0.39 is 0 Å². The molecule has 2 nitrogen and oxygen atoms in total. The fourth-order valence-corrected chi connectivity index (χ4v) is 2.45. The number of aromatic amines is 1. The summed E-state index contributed by atoms with van der Waals surface area (Å²) in [5.74, 6) is 0. The van der Waals surface area contributed by atoms with Gasteiger partial charge in [-0.1, -0.05) is 17.7 Å². The van der Waals surface area contributed by atoms with E-state index in [1.165, 1.54) is 0 Å². The van der Waals surface area contributed by atoms with Crippen LogP contribution in [0.2, 0.25) is 5.02 Å². The molecule has 4 heteroatoms. The Morgan fingerprint density at radius 1 is 1.62 bits per heavy atom. The number of nitrogens with zero attached hydrogens (tertiary/aromatic N) is 1. The summed E-state index contributed by atoms with van der Waals surface area (Å²) < 4.78 is 2.83. The van der Waals surface area contributed by atoms with Gasteiger partial charge in [0.05, 0.1) is 11.0 Å². The van der Waals surface area contributed by atoms with Crippen LogP contribution in [0.4, 0.5) is 0 Å². The van der Waals surface area contributed by atoms with Crippen LogP contribution in [-0.2, 0) is 0 Å². The van der Waals surface area contributed by atoms with E-state index in [9.17, 15) is 0 Å². The van der Waals surface area contributed by atoms with E-state index in [1.54, 1.807) is 0 Å². The van der Waals surface area contributed by atoms with Crippen molar-refractivity contribution in [3.63, 3.8) is 0 Å². The van der Waals surface area contributed by atoms with Crippen molar-refractivity contribution in [2.24, 2.45) is 0 Å². The van der Waals surface area contributed by atoms with Gasteiger partial charge in [0.25, 0.3) is 0 Å². The molecule has 2 rings (SSSR count). The van der Waals surface area contributed by atoms with E-state index in [0.29, 0.717) is 11.1 Å². The number of rotatable bonds is 3. The molecular formula is C12H13ClN2S. The van der Waals surface area contributed by atoms with E-state index in [1.807, 2.05) is 24.3 Å². The molecule has 0 amide bonds. The first kappa shape index (κ1) is 11.4. The molecular weight excluding hydrogens is 240 g/mol. The fraction of sp³-hybridized carbons (Fsp3) is 0.250. The second kappa shape index (κ2) is 4.44. The summed E-state index contributed by atoms with van der Waals surface area (Å²) in [6, 6.07) is 6.07. The van der Waals surface area contributed by atoms with Gasteiger partial charge in [-0.05, 0) is 43.8 Å². The third-order valence-electron chi connectivity index (χ3n) is 2.63. The van der Waals surface area contributed by atoms with Gasteiger partial charge >= 0.3 is 0 Å². The number of hydrogen-bond acceptors (Lipinski definition) is 1. The summed E-state index contributed by atoms with van der Waals surface area (Å²) in [5, 5.41) is 0.715. The maximum absolute atomic E-state index is 5.94. The Morgan fingerprint density at radius 2 is 2.38 bits per heavy atom. The Labute approximate surface area is 105 Å². The molecule has 1 aromatic heterocycles. The molecule has 1 atom stereocenters. The Morgan fingerprint density at radius 3 is 3.06 bits per heavy atom. The molecule has 0 saturated carbocycles. The molecule has 0 spiro atoms. The number of H-pyrrole nitrogens is 1. The average Bonchev–Trinajstić information content (AvgIpc) is 2.53. The molecule has 0 aliphatic heterocycles. The van der Waals surface area contributed by atoms with E-state index in [2.05, 4.69) is 23.1 Å². The fourth-order valence-electron chi connectivity index (χ4n) is 1.89. The Hall–Kier alpha value is -1.06. The van der Waals surface area contributed by atoms with Gasteiger partial charge in [-0.2, -0.15) is 0 Å². The summed E-state index contributed by atoms with van der Waals surface area (Å²) in [7, 11) is 0. The van der Waals surface area contributed by atoms with Gasteiger partial charge in [0.1, 0.15) is 0 Å². The third kappa shape index (κ3) is 1.93. The maximum atomic E-state index is 5.94. The Balaban J connectivity index is 2.64. The highest BCUT2D eigenvalue weighted by atomic mass is 35.5. The Bertz CT molecular complexity index is 582. The first-order valence-electron chi connectivity index (χ1n) is 5.14. The van der Waals surface area contributed by atoms with Crippen molar-refractivity contribution in [1.29, 1.82) is 0 Å². The quantitative estimate of drug-likeness (QED) is 0.631. The number of halogens is 1. The van der Waals surface area contributed by atoms with Crippen LogP contribution >= 0.6 is 23.8 Å². The van der Waals surface area contributed by atoms with Gasteiger partial charge in [0.2, 0.25) is 0 Å². The molecule has 0 radical (unpaired) electrons. The molecule has 1 unspecified atom stereocenters. The normalized spacial score (nSPS) is 12.9. The van der Waals surface area contributed by atoms with Crippen molar-refractivity contribution in [2.45, 2.75) is 19.4 Å². The van der Waals surface area contributed by atoms with Crippen LogP contribution in [0, 0.1) is 4.77 Å². The molecule has 0 bridgehead atoms. The number of allylic oxidation sites excluding steroid dienone is 1. The minimum atomic E-state index is 0.305.